The van der Waals surface area contributed by atoms with Gasteiger partial charge in [-0.3, -0.25) is 19.6 Å². The Hall–Kier alpha value is -7.85. The van der Waals surface area contributed by atoms with Crippen molar-refractivity contribution in [3.05, 3.63) is 151 Å². The standard InChI is InChI=1S/C27H28N2O7.C25H26N2O5/c1-32-22-10-8-18-19(13-21(22)30)20(29-27(31)35-4)9-7-17-12-23(33-2)25(34-3)26(24(17)18)36-15-16-6-5-11-28-14-16;1-29-21-9-7-17-18(12-20(21)28)19(26)8-6-16-11-22(30-2)24(31-3)25(23(16)17)32-14-15-5-4-10-27-13-15/h5-6,8,10-14,20H,7,9,15H2,1-4H3,(H,29,31);4-5,7,9-13,19H,6,8,14,26H2,1-3H3. The van der Waals surface area contributed by atoms with Crippen LogP contribution in [0.3, 0.4) is 0 Å². The Bertz CT molecular complexity index is 2880. The normalized spacial score (nSPS) is 14.2. The summed E-state index contributed by atoms with van der Waals surface area (Å²) >= 11 is 0. The SMILES string of the molecule is COC(=O)NC1CCc2cc(OC)c(OC)c(OCc3cccnc3)c2-c2ccc(OC)c(=O)cc21.COc1cc2c(c(OCc3cccnc3)c1OC)-c1ccc(OC)c(=O)cc1C(N)CC2. The summed E-state index contributed by atoms with van der Waals surface area (Å²) in [6.07, 6.45) is 8.75. The summed E-state index contributed by atoms with van der Waals surface area (Å²) in [6, 6.07) is 20.6. The molecule has 2 unspecified atom stereocenters. The number of carbonyl (C=O) groups excluding carboxylic acids is 1. The maximum Gasteiger partial charge on any atom is 0.407 e. The molecule has 2 aromatic heterocycles. The number of nitrogens with zero attached hydrogens (tertiary/aromatic N) is 2. The van der Waals surface area contributed by atoms with Crippen molar-refractivity contribution in [2.24, 2.45) is 5.73 Å². The molecule has 0 fully saturated rings. The summed E-state index contributed by atoms with van der Waals surface area (Å²) in [5, 5.41) is 2.86. The van der Waals surface area contributed by atoms with Crippen LogP contribution in [0.25, 0.3) is 22.3 Å². The number of carbonyl (C=O) groups is 1. The number of pyridine rings is 2. The molecule has 354 valence electrons. The molecule has 0 bridgehead atoms. The number of amides is 1. The number of hydrogen-bond acceptors (Lipinski definition) is 15. The Labute approximate surface area is 393 Å². The smallest absolute Gasteiger partial charge is 0.407 e. The predicted octanol–water partition coefficient (Wildman–Crippen LogP) is 7.72. The molecule has 2 aliphatic carbocycles. The van der Waals surface area contributed by atoms with Gasteiger partial charge in [0.25, 0.3) is 0 Å². The quantitative estimate of drug-likeness (QED) is 0.114. The van der Waals surface area contributed by atoms with Crippen molar-refractivity contribution in [1.29, 1.82) is 0 Å². The molecule has 16 nitrogen and oxygen atoms in total. The number of rotatable bonds is 13. The van der Waals surface area contributed by atoms with Crippen LogP contribution in [-0.4, -0.2) is 65.8 Å². The van der Waals surface area contributed by atoms with Crippen LogP contribution in [-0.2, 0) is 30.8 Å². The first-order chi connectivity index (χ1) is 33.1. The second-order valence-electron chi connectivity index (χ2n) is 15.7. The Morgan fingerprint density at radius 1 is 0.588 bits per heavy atom. The fourth-order valence-corrected chi connectivity index (χ4v) is 8.48. The van der Waals surface area contributed by atoms with E-state index in [1.54, 1.807) is 77.5 Å². The van der Waals surface area contributed by atoms with Crippen LogP contribution in [0, 0.1) is 0 Å². The molecule has 16 heteroatoms. The molecular formula is C52H54N4O12. The lowest BCUT2D eigenvalue weighted by Gasteiger charge is -2.21. The summed E-state index contributed by atoms with van der Waals surface area (Å²) < 4.78 is 50.8. The molecule has 0 saturated carbocycles. The van der Waals surface area contributed by atoms with Crippen LogP contribution in [0.1, 0.15) is 58.3 Å². The van der Waals surface area contributed by atoms with Crippen LogP contribution in [0.2, 0.25) is 0 Å². The van der Waals surface area contributed by atoms with Gasteiger partial charge >= 0.3 is 6.09 Å². The first-order valence-corrected chi connectivity index (χ1v) is 21.7. The number of aryl methyl sites for hydroxylation is 2. The van der Waals surface area contributed by atoms with Crippen molar-refractivity contribution in [2.75, 3.05) is 49.8 Å². The third-order valence-electron chi connectivity index (χ3n) is 11.8. The zero-order valence-corrected chi connectivity index (χ0v) is 39.0. The molecule has 1 amide bonds. The van der Waals surface area contributed by atoms with Gasteiger partial charge in [0.1, 0.15) is 13.2 Å². The molecular weight excluding hydrogens is 873 g/mol. The molecule has 3 N–H and O–H groups in total. The third-order valence-corrected chi connectivity index (χ3v) is 11.8. The minimum absolute atomic E-state index is 0.180. The number of hydrogen-bond donors (Lipinski definition) is 2. The maximum absolute atomic E-state index is 12.9. The van der Waals surface area contributed by atoms with Gasteiger partial charge in [-0.25, -0.2) is 4.79 Å². The van der Waals surface area contributed by atoms with Gasteiger partial charge in [0.2, 0.25) is 22.4 Å². The molecule has 0 spiro atoms. The van der Waals surface area contributed by atoms with Crippen molar-refractivity contribution in [2.45, 2.75) is 51.0 Å². The molecule has 0 aliphatic heterocycles. The number of fused-ring (bicyclic) bond motifs is 6. The van der Waals surface area contributed by atoms with Gasteiger partial charge in [-0.1, -0.05) is 24.3 Å². The number of ether oxygens (including phenoxy) is 9. The average Bonchev–Trinajstić information content (AvgIpc) is 3.76. The molecule has 0 saturated heterocycles. The van der Waals surface area contributed by atoms with Crippen molar-refractivity contribution in [1.82, 2.24) is 15.3 Å². The molecule has 2 atom stereocenters. The highest BCUT2D eigenvalue weighted by atomic mass is 16.5. The van der Waals surface area contributed by atoms with Crippen molar-refractivity contribution >= 4 is 6.09 Å². The summed E-state index contributed by atoms with van der Waals surface area (Å²) in [4.78, 5) is 46.1. The topological polar surface area (TPSA) is 198 Å². The summed E-state index contributed by atoms with van der Waals surface area (Å²) in [5.74, 6) is 3.44. The third kappa shape index (κ3) is 10.2. The zero-order valence-electron chi connectivity index (χ0n) is 39.0. The lowest BCUT2D eigenvalue weighted by atomic mass is 9.95. The van der Waals surface area contributed by atoms with Gasteiger partial charge in [0, 0.05) is 53.1 Å². The van der Waals surface area contributed by atoms with Gasteiger partial charge in [-0.15, -0.1) is 0 Å². The van der Waals surface area contributed by atoms with E-state index in [2.05, 4.69) is 15.3 Å². The first kappa shape index (κ1) is 48.1. The highest BCUT2D eigenvalue weighted by Gasteiger charge is 2.31. The van der Waals surface area contributed by atoms with Crippen LogP contribution >= 0.6 is 0 Å². The Morgan fingerprint density at radius 3 is 1.50 bits per heavy atom. The number of nitrogens with one attached hydrogen (secondary N) is 1. The zero-order chi connectivity index (χ0) is 48.3. The molecule has 2 aliphatic rings. The van der Waals surface area contributed by atoms with Crippen molar-refractivity contribution < 1.29 is 47.4 Å². The average molecular weight is 927 g/mol. The number of nitrogens with two attached hydrogens (primary N) is 1. The van der Waals surface area contributed by atoms with E-state index in [1.807, 2.05) is 42.5 Å². The number of alkyl carbamates (subject to hydrolysis) is 1. The van der Waals surface area contributed by atoms with E-state index in [0.29, 0.717) is 77.9 Å². The first-order valence-electron chi connectivity index (χ1n) is 21.7. The van der Waals surface area contributed by atoms with Gasteiger partial charge in [-0.2, -0.15) is 0 Å². The lowest BCUT2D eigenvalue weighted by Crippen LogP contribution is -2.28. The molecule has 4 aromatic carbocycles. The Morgan fingerprint density at radius 2 is 1.06 bits per heavy atom. The van der Waals surface area contributed by atoms with E-state index < -0.39 is 12.1 Å². The van der Waals surface area contributed by atoms with E-state index in [-0.39, 0.29) is 35.0 Å². The second kappa shape index (κ2) is 22.1. The van der Waals surface area contributed by atoms with E-state index in [0.717, 1.165) is 44.5 Å². The second-order valence-corrected chi connectivity index (χ2v) is 15.7. The highest BCUT2D eigenvalue weighted by Crippen LogP contribution is 2.52. The van der Waals surface area contributed by atoms with Crippen LogP contribution < -0.4 is 59.8 Å². The summed E-state index contributed by atoms with van der Waals surface area (Å²) in [5.41, 5.74) is 14.2. The van der Waals surface area contributed by atoms with E-state index in [4.69, 9.17) is 48.4 Å². The minimum Gasteiger partial charge on any atom is -0.493 e. The Kier molecular flexibility index (Phi) is 15.6. The molecule has 6 aromatic rings. The minimum atomic E-state index is -0.592. The van der Waals surface area contributed by atoms with Crippen LogP contribution in [0.5, 0.6) is 46.0 Å². The number of aromatic nitrogens is 2. The molecule has 68 heavy (non-hydrogen) atoms. The molecule has 0 radical (unpaired) electrons. The molecule has 2 heterocycles. The van der Waals surface area contributed by atoms with Gasteiger partial charge in [0.15, 0.2) is 34.5 Å². The van der Waals surface area contributed by atoms with Gasteiger partial charge < -0.3 is 53.7 Å². The fraction of sp³-hybridized carbons (Fsp3) is 0.288. The monoisotopic (exact) mass is 926 g/mol. The summed E-state index contributed by atoms with van der Waals surface area (Å²) in [7, 11) is 10.5. The predicted molar refractivity (Wildman–Crippen MR) is 255 cm³/mol. The molecule has 8 rings (SSSR count). The van der Waals surface area contributed by atoms with E-state index >= 15 is 0 Å². The van der Waals surface area contributed by atoms with Gasteiger partial charge in [0.05, 0.1) is 55.8 Å². The Balaban J connectivity index is 0.000000203. The fourth-order valence-electron chi connectivity index (χ4n) is 8.48. The maximum atomic E-state index is 12.9. The highest BCUT2D eigenvalue weighted by molar-refractivity contribution is 5.84. The summed E-state index contributed by atoms with van der Waals surface area (Å²) in [6.45, 7) is 0.526. The lowest BCUT2D eigenvalue weighted by molar-refractivity contribution is 0.166. The largest absolute Gasteiger partial charge is 0.493 e. The van der Waals surface area contributed by atoms with Gasteiger partial charge in [-0.05, 0) is 108 Å². The van der Waals surface area contributed by atoms with Crippen molar-refractivity contribution in [3.8, 4) is 68.2 Å². The van der Waals surface area contributed by atoms with E-state index in [9.17, 15) is 14.4 Å². The van der Waals surface area contributed by atoms with E-state index in [1.165, 1.54) is 27.4 Å². The van der Waals surface area contributed by atoms with Crippen LogP contribution in [0.4, 0.5) is 4.79 Å². The number of benzene rings is 2. The number of methoxy groups -OCH3 is 7. The van der Waals surface area contributed by atoms with Crippen molar-refractivity contribution in [3.63, 3.8) is 0 Å². The van der Waals surface area contributed by atoms with Crippen LogP contribution in [0.15, 0.2) is 107 Å².